The molecule has 0 unspecified atom stereocenters. The molecule has 2 aromatic carbocycles. The van der Waals surface area contributed by atoms with Gasteiger partial charge in [-0.3, -0.25) is 24.0 Å². The average Bonchev–Trinajstić information content (AvgIpc) is 3.37. The molecule has 0 saturated carbocycles. The summed E-state index contributed by atoms with van der Waals surface area (Å²) in [6.07, 6.45) is 6.37. The van der Waals surface area contributed by atoms with E-state index >= 15 is 0 Å². The molecule has 39 heavy (non-hydrogen) atoms. The molecule has 0 aliphatic heterocycles. The number of fused-ring (bicyclic) bond motifs is 5. The second kappa shape index (κ2) is 7.94. The molecule has 10 heteroatoms. The number of rotatable bonds is 2. The first-order valence-electron chi connectivity index (χ1n) is 12.1. The van der Waals surface area contributed by atoms with Crippen LogP contribution in [0, 0.1) is 5.41 Å². The molecule has 3 aliphatic carbocycles. The van der Waals surface area contributed by atoms with Gasteiger partial charge in [0.1, 0.15) is 22.7 Å². The zero-order valence-electron chi connectivity index (χ0n) is 20.5. The number of aromatic amines is 1. The van der Waals surface area contributed by atoms with E-state index in [0.717, 1.165) is 0 Å². The average molecular weight is 524 g/mol. The fourth-order valence-corrected chi connectivity index (χ4v) is 6.10. The van der Waals surface area contributed by atoms with E-state index in [0.29, 0.717) is 16.6 Å². The van der Waals surface area contributed by atoms with E-state index in [1.165, 1.54) is 0 Å². The van der Waals surface area contributed by atoms with E-state index in [-0.39, 0.29) is 23.8 Å². The Kier molecular flexibility index (Phi) is 4.93. The number of aryl methyl sites for hydroxylation is 1. The summed E-state index contributed by atoms with van der Waals surface area (Å²) in [7, 11) is 0. The number of phenols is 3. The minimum Gasteiger partial charge on any atom is -0.507 e. The largest absolute Gasteiger partial charge is 0.507 e. The highest BCUT2D eigenvalue weighted by atomic mass is 16.3. The lowest BCUT2D eigenvalue weighted by Crippen LogP contribution is -2.36. The summed E-state index contributed by atoms with van der Waals surface area (Å²) in [5.41, 5.74) is -5.11. The summed E-state index contributed by atoms with van der Waals surface area (Å²) in [6.45, 7) is 1.84. The number of allylic oxidation sites excluding steroid dienone is 3. The Bertz CT molecular complexity index is 1890. The SMILES string of the molecule is CC=CC=Cc1cc2cc3c(c(O)c2c(=O)[nH]1)[C@@]1(CC3)C(=O)c2c(O)c3c(c(O)c2C1=O)C(=O)C(=N)CC3=O. The van der Waals surface area contributed by atoms with E-state index in [2.05, 4.69) is 4.98 Å². The van der Waals surface area contributed by atoms with E-state index < -0.39 is 85.7 Å². The fraction of sp³-hybridized carbons (Fsp3) is 0.172. The van der Waals surface area contributed by atoms with Crippen molar-refractivity contribution in [1.82, 2.24) is 4.98 Å². The molecule has 0 saturated heterocycles. The quantitative estimate of drug-likeness (QED) is 0.192. The maximum absolute atomic E-state index is 13.9. The summed E-state index contributed by atoms with van der Waals surface area (Å²) in [4.78, 5) is 68.8. The van der Waals surface area contributed by atoms with Crippen molar-refractivity contribution < 1.29 is 34.5 Å². The lowest BCUT2D eigenvalue weighted by molar-refractivity contribution is 0.0790. The highest BCUT2D eigenvalue weighted by Crippen LogP contribution is 2.57. The predicted molar refractivity (Wildman–Crippen MR) is 140 cm³/mol. The van der Waals surface area contributed by atoms with Crippen molar-refractivity contribution in [3.8, 4) is 17.2 Å². The number of pyridine rings is 1. The van der Waals surface area contributed by atoms with Crippen molar-refractivity contribution in [3.05, 3.63) is 79.8 Å². The van der Waals surface area contributed by atoms with Crippen LogP contribution in [-0.4, -0.2) is 49.1 Å². The summed E-state index contributed by atoms with van der Waals surface area (Å²) in [5.74, 6) is -6.24. The molecular weight excluding hydrogens is 504 g/mol. The fourth-order valence-electron chi connectivity index (χ4n) is 6.10. The number of aromatic hydroxyl groups is 3. The van der Waals surface area contributed by atoms with Gasteiger partial charge in [0.2, 0.25) is 5.78 Å². The Morgan fingerprint density at radius 3 is 2.23 bits per heavy atom. The highest BCUT2D eigenvalue weighted by molar-refractivity contribution is 6.53. The third-order valence-electron chi connectivity index (χ3n) is 7.78. The van der Waals surface area contributed by atoms with Crippen LogP contribution in [0.3, 0.4) is 0 Å². The molecule has 5 N–H and O–H groups in total. The van der Waals surface area contributed by atoms with Crippen LogP contribution in [0.1, 0.15) is 78.0 Å². The van der Waals surface area contributed by atoms with Gasteiger partial charge < -0.3 is 25.7 Å². The zero-order valence-corrected chi connectivity index (χ0v) is 20.5. The number of carbonyl (C=O) groups is 4. The molecule has 6 rings (SSSR count). The van der Waals surface area contributed by atoms with Crippen molar-refractivity contribution >= 4 is 45.7 Å². The monoisotopic (exact) mass is 524 g/mol. The molecule has 0 bridgehead atoms. The van der Waals surface area contributed by atoms with Crippen LogP contribution in [0.4, 0.5) is 0 Å². The van der Waals surface area contributed by atoms with Gasteiger partial charge in [0, 0.05) is 11.3 Å². The van der Waals surface area contributed by atoms with Gasteiger partial charge in [-0.15, -0.1) is 0 Å². The van der Waals surface area contributed by atoms with Gasteiger partial charge in [0.25, 0.3) is 5.56 Å². The topological polar surface area (TPSA) is 186 Å². The minimum absolute atomic E-state index is 0.105. The molecule has 1 spiro atoms. The van der Waals surface area contributed by atoms with E-state index in [9.17, 15) is 39.3 Å². The molecule has 1 heterocycles. The molecule has 1 aromatic heterocycles. The third kappa shape index (κ3) is 2.91. The van der Waals surface area contributed by atoms with Crippen molar-refractivity contribution in [2.24, 2.45) is 0 Å². The molecule has 194 valence electrons. The predicted octanol–water partition coefficient (Wildman–Crippen LogP) is 3.29. The van der Waals surface area contributed by atoms with Crippen LogP contribution in [-0.2, 0) is 11.8 Å². The molecule has 0 amide bonds. The maximum atomic E-state index is 13.9. The Hall–Kier alpha value is -5.12. The molecular formula is C29H20N2O8. The molecule has 3 aliphatic rings. The molecule has 10 nitrogen and oxygen atoms in total. The first-order valence-corrected chi connectivity index (χ1v) is 12.1. The standard InChI is InChI=1S/C29H20N2O8/c1-2-3-4-5-13-9-12-8-11-6-7-29(21(11)25(36)16(12)28(39)31-13)26(37)19-20(27(29)38)24(35)18-17(23(19)34)15(32)10-14(30)22(18)33/h2-5,8-9,30,34-36H,6-7,10H2,1H3,(H,31,39)/t29-/m0/s1. The van der Waals surface area contributed by atoms with Gasteiger partial charge in [0.15, 0.2) is 17.3 Å². The van der Waals surface area contributed by atoms with Crippen molar-refractivity contribution in [2.45, 2.75) is 31.6 Å². The Morgan fingerprint density at radius 2 is 1.56 bits per heavy atom. The van der Waals surface area contributed by atoms with Gasteiger partial charge in [-0.1, -0.05) is 24.3 Å². The maximum Gasteiger partial charge on any atom is 0.260 e. The van der Waals surface area contributed by atoms with Crippen LogP contribution in [0.15, 0.2) is 35.2 Å². The number of hydrogen-bond donors (Lipinski definition) is 5. The zero-order chi connectivity index (χ0) is 28.0. The molecule has 0 fully saturated rings. The number of phenolic OH excluding ortho intramolecular Hbond substituents is 3. The smallest absolute Gasteiger partial charge is 0.260 e. The van der Waals surface area contributed by atoms with Gasteiger partial charge in [-0.25, -0.2) is 0 Å². The van der Waals surface area contributed by atoms with E-state index in [1.54, 1.807) is 30.4 Å². The summed E-state index contributed by atoms with van der Waals surface area (Å²) in [5, 5.41) is 41.3. The lowest BCUT2D eigenvalue weighted by atomic mass is 9.76. The minimum atomic E-state index is -2.08. The first-order chi connectivity index (χ1) is 18.5. The van der Waals surface area contributed by atoms with E-state index in [1.807, 2.05) is 13.0 Å². The van der Waals surface area contributed by atoms with Crippen LogP contribution in [0.5, 0.6) is 17.2 Å². The first kappa shape index (κ1) is 24.2. The Morgan fingerprint density at radius 1 is 0.897 bits per heavy atom. The van der Waals surface area contributed by atoms with Crippen LogP contribution in [0.25, 0.3) is 16.8 Å². The number of hydrogen-bond acceptors (Lipinski definition) is 9. The summed E-state index contributed by atoms with van der Waals surface area (Å²) < 4.78 is 0. The number of carbonyl (C=O) groups excluding carboxylic acids is 4. The van der Waals surface area contributed by atoms with E-state index in [4.69, 9.17) is 5.41 Å². The summed E-state index contributed by atoms with van der Waals surface area (Å²) >= 11 is 0. The van der Waals surface area contributed by atoms with Gasteiger partial charge in [-0.2, -0.15) is 0 Å². The van der Waals surface area contributed by atoms with Crippen LogP contribution >= 0.6 is 0 Å². The number of benzene rings is 2. The number of ketones is 4. The van der Waals surface area contributed by atoms with Gasteiger partial charge in [-0.05, 0) is 42.9 Å². The molecule has 0 radical (unpaired) electrons. The number of Topliss-reactive ketones (excluding diaryl/α,β-unsaturated/α-hetero) is 4. The van der Waals surface area contributed by atoms with Crippen molar-refractivity contribution in [3.63, 3.8) is 0 Å². The van der Waals surface area contributed by atoms with Crippen LogP contribution < -0.4 is 5.56 Å². The second-order valence-corrected chi connectivity index (χ2v) is 9.83. The number of aromatic nitrogens is 1. The van der Waals surface area contributed by atoms with Gasteiger partial charge >= 0.3 is 0 Å². The Balaban J connectivity index is 1.61. The normalized spacial score (nSPS) is 20.2. The molecule has 1 atom stereocenters. The van der Waals surface area contributed by atoms with Gasteiger partial charge in [0.05, 0.1) is 39.8 Å². The van der Waals surface area contributed by atoms with Crippen molar-refractivity contribution in [2.75, 3.05) is 0 Å². The number of H-pyrrole nitrogens is 1. The summed E-state index contributed by atoms with van der Waals surface area (Å²) in [6, 6.07) is 3.26. The number of nitrogens with one attached hydrogen (secondary N) is 2. The molecule has 3 aromatic rings. The van der Waals surface area contributed by atoms with Crippen LogP contribution in [0.2, 0.25) is 0 Å². The Labute approximate surface area is 219 Å². The second-order valence-electron chi connectivity index (χ2n) is 9.83. The third-order valence-corrected chi connectivity index (χ3v) is 7.78. The van der Waals surface area contributed by atoms with Crippen molar-refractivity contribution in [1.29, 1.82) is 5.41 Å². The highest BCUT2D eigenvalue weighted by Gasteiger charge is 2.61. The lowest BCUT2D eigenvalue weighted by Gasteiger charge is -2.22.